The molecule has 4 rings (SSSR count). The van der Waals surface area contributed by atoms with Crippen LogP contribution < -0.4 is 15.1 Å². The van der Waals surface area contributed by atoms with Crippen molar-refractivity contribution in [1.82, 2.24) is 5.16 Å². The average molecular weight is 434 g/mol. The van der Waals surface area contributed by atoms with Gasteiger partial charge in [0.25, 0.3) is 0 Å². The Labute approximate surface area is 177 Å². The number of ether oxygens (including phenoxy) is 1. The number of aliphatic hydroxyl groups is 2. The highest BCUT2D eigenvalue weighted by atomic mass is 19.1. The van der Waals surface area contributed by atoms with Gasteiger partial charge in [-0.15, -0.1) is 0 Å². The second-order valence-electron chi connectivity index (χ2n) is 7.55. The Morgan fingerprint density at radius 3 is 2.90 bits per heavy atom. The van der Waals surface area contributed by atoms with Gasteiger partial charge in [0.1, 0.15) is 24.3 Å². The molecule has 11 heteroatoms. The first kappa shape index (κ1) is 21.1. The Bertz CT molecular complexity index is 940. The maximum Gasteiger partial charge on any atom is 0.414 e. The van der Waals surface area contributed by atoms with E-state index in [9.17, 15) is 19.1 Å². The second kappa shape index (κ2) is 8.90. The predicted molar refractivity (Wildman–Crippen MR) is 107 cm³/mol. The number of nitrogens with one attached hydrogen (secondary N) is 1. The van der Waals surface area contributed by atoms with Gasteiger partial charge in [-0.1, -0.05) is 5.16 Å². The average Bonchev–Trinajstić information content (AvgIpc) is 3.52. The molecule has 0 saturated carbocycles. The molecule has 0 aliphatic carbocycles. The number of Topliss-reactive ketones (excluding diaryl/α,β-unsaturated/α-hetero) is 1. The maximum atomic E-state index is 14.8. The molecule has 0 bridgehead atoms. The fourth-order valence-corrected chi connectivity index (χ4v) is 3.85. The zero-order valence-corrected chi connectivity index (χ0v) is 16.6. The second-order valence-corrected chi connectivity index (χ2v) is 7.55. The molecule has 10 nitrogen and oxygen atoms in total. The van der Waals surface area contributed by atoms with E-state index >= 15 is 0 Å². The fourth-order valence-electron chi connectivity index (χ4n) is 3.85. The van der Waals surface area contributed by atoms with Gasteiger partial charge >= 0.3 is 6.09 Å². The number of nitrogens with zero attached hydrogens (tertiary/aromatic N) is 3. The summed E-state index contributed by atoms with van der Waals surface area (Å²) in [6, 6.07) is 6.10. The molecule has 1 aromatic carbocycles. The van der Waals surface area contributed by atoms with Crippen molar-refractivity contribution in [2.24, 2.45) is 5.92 Å². The first-order valence-electron chi connectivity index (χ1n) is 9.96. The van der Waals surface area contributed by atoms with Gasteiger partial charge in [0.2, 0.25) is 0 Å². The third-order valence-electron chi connectivity index (χ3n) is 5.50. The van der Waals surface area contributed by atoms with Gasteiger partial charge in [-0.25, -0.2) is 9.18 Å². The number of hydrogen-bond acceptors (Lipinski definition) is 9. The predicted octanol–water partition coefficient (Wildman–Crippen LogP) is 1.000. The molecule has 31 heavy (non-hydrogen) atoms. The molecule has 166 valence electrons. The Morgan fingerprint density at radius 2 is 2.19 bits per heavy atom. The lowest BCUT2D eigenvalue weighted by Gasteiger charge is -2.21. The van der Waals surface area contributed by atoms with E-state index in [2.05, 4.69) is 10.5 Å². The lowest BCUT2D eigenvalue weighted by molar-refractivity contribution is -0.132. The molecule has 0 radical (unpaired) electrons. The fraction of sp³-hybridized carbons (Fsp3) is 0.450. The minimum Gasteiger partial charge on any atom is -0.442 e. The number of hydrogen-bond donors (Lipinski definition) is 3. The van der Waals surface area contributed by atoms with Crippen LogP contribution in [-0.4, -0.2) is 72.2 Å². The van der Waals surface area contributed by atoms with Crippen LogP contribution in [0.4, 0.5) is 26.4 Å². The molecule has 0 unspecified atom stereocenters. The molecule has 2 fully saturated rings. The van der Waals surface area contributed by atoms with E-state index in [-0.39, 0.29) is 13.1 Å². The number of halogens is 1. The number of carbonyl (C=O) groups is 2. The Balaban J connectivity index is 1.38. The molecule has 2 saturated heterocycles. The van der Waals surface area contributed by atoms with Crippen molar-refractivity contribution in [3.8, 4) is 0 Å². The smallest absolute Gasteiger partial charge is 0.414 e. The molecule has 1 aromatic heterocycles. The van der Waals surface area contributed by atoms with Gasteiger partial charge in [-0.3, -0.25) is 9.69 Å². The van der Waals surface area contributed by atoms with Crippen LogP contribution in [0, 0.1) is 11.7 Å². The minimum atomic E-state index is -1.41. The summed E-state index contributed by atoms with van der Waals surface area (Å²) in [6.45, 7) is 0.666. The van der Waals surface area contributed by atoms with Crippen LogP contribution in [0.25, 0.3) is 0 Å². The number of aliphatic hydroxyl groups excluding tert-OH is 2. The number of carbonyl (C=O) groups excluding carboxylic acids is 2. The van der Waals surface area contributed by atoms with Crippen molar-refractivity contribution in [2.45, 2.75) is 18.6 Å². The Hall–Kier alpha value is -3.18. The molecular weight excluding hydrogens is 411 g/mol. The number of ketones is 1. The standard InChI is InChI=1S/C20H23FN4O6/c21-15-7-13(25-10-14(31-20(25)29)8-22-18-4-6-30-23-18)1-2-16(15)24-5-3-12(9-24)19(28)17(27)11-26/h1-2,4,6-7,12,14,17,26-27H,3,5,8-11H2,(H,22,23)/t12-,14-,17-/m0/s1. The maximum absolute atomic E-state index is 14.8. The number of rotatable bonds is 8. The lowest BCUT2D eigenvalue weighted by Crippen LogP contribution is -2.33. The van der Waals surface area contributed by atoms with Crippen molar-refractivity contribution in [2.75, 3.05) is 47.9 Å². The largest absolute Gasteiger partial charge is 0.442 e. The molecule has 3 atom stereocenters. The van der Waals surface area contributed by atoms with Crippen LogP contribution in [0.3, 0.4) is 0 Å². The SMILES string of the molecule is O=C([C@H]1CCN(c2ccc(N3C[C@H](CNc4ccon4)OC3=O)cc2F)C1)[C@@H](O)CO. The summed E-state index contributed by atoms with van der Waals surface area (Å²) in [4.78, 5) is 27.4. The normalized spacial score (nSPS) is 22.0. The van der Waals surface area contributed by atoms with E-state index in [1.165, 1.54) is 17.2 Å². The van der Waals surface area contributed by atoms with E-state index in [0.29, 0.717) is 36.7 Å². The van der Waals surface area contributed by atoms with Crippen LogP contribution in [0.5, 0.6) is 0 Å². The molecule has 2 aliphatic heterocycles. The van der Waals surface area contributed by atoms with Gasteiger partial charge in [0, 0.05) is 25.1 Å². The third-order valence-corrected chi connectivity index (χ3v) is 5.50. The topological polar surface area (TPSA) is 128 Å². The highest BCUT2D eigenvalue weighted by molar-refractivity contribution is 5.90. The van der Waals surface area contributed by atoms with Crippen LogP contribution in [-0.2, 0) is 9.53 Å². The van der Waals surface area contributed by atoms with Crippen LogP contribution in [0.1, 0.15) is 6.42 Å². The third kappa shape index (κ3) is 4.47. The van der Waals surface area contributed by atoms with Gasteiger partial charge in [0.15, 0.2) is 11.6 Å². The first-order chi connectivity index (χ1) is 15.0. The summed E-state index contributed by atoms with van der Waals surface area (Å²) in [6.07, 6.45) is -0.521. The summed E-state index contributed by atoms with van der Waals surface area (Å²) >= 11 is 0. The number of benzene rings is 1. The summed E-state index contributed by atoms with van der Waals surface area (Å²) in [5.41, 5.74) is 0.687. The highest BCUT2D eigenvalue weighted by Gasteiger charge is 2.35. The summed E-state index contributed by atoms with van der Waals surface area (Å²) in [5.74, 6) is -0.899. The lowest BCUT2D eigenvalue weighted by atomic mass is 9.99. The molecule has 0 spiro atoms. The van der Waals surface area contributed by atoms with Crippen molar-refractivity contribution in [3.63, 3.8) is 0 Å². The quantitative estimate of drug-likeness (QED) is 0.557. The summed E-state index contributed by atoms with van der Waals surface area (Å²) < 4.78 is 24.9. The van der Waals surface area contributed by atoms with Gasteiger partial charge in [-0.05, 0) is 24.6 Å². The molecule has 1 amide bonds. The first-order valence-corrected chi connectivity index (χ1v) is 9.96. The number of anilines is 3. The van der Waals surface area contributed by atoms with Crippen molar-refractivity contribution < 1.29 is 33.5 Å². The summed E-state index contributed by atoms with van der Waals surface area (Å²) in [5, 5.41) is 25.2. The minimum absolute atomic E-state index is 0.252. The summed E-state index contributed by atoms with van der Waals surface area (Å²) in [7, 11) is 0. The van der Waals surface area contributed by atoms with Crippen molar-refractivity contribution >= 4 is 29.1 Å². The molecular formula is C20H23FN4O6. The molecule has 2 aliphatic rings. The van der Waals surface area contributed by atoms with Crippen molar-refractivity contribution in [1.29, 1.82) is 0 Å². The van der Waals surface area contributed by atoms with Gasteiger partial charge in [-0.2, -0.15) is 0 Å². The Kier molecular flexibility index (Phi) is 6.05. The van der Waals surface area contributed by atoms with E-state index < -0.39 is 42.4 Å². The zero-order chi connectivity index (χ0) is 22.0. The van der Waals surface area contributed by atoms with Gasteiger partial charge in [0.05, 0.1) is 31.1 Å². The molecule has 3 N–H and O–H groups in total. The number of aromatic nitrogens is 1. The number of amides is 1. The van der Waals surface area contributed by atoms with Crippen LogP contribution >= 0.6 is 0 Å². The Morgan fingerprint density at radius 1 is 1.35 bits per heavy atom. The molecule has 2 aromatic rings. The van der Waals surface area contributed by atoms with Crippen molar-refractivity contribution in [3.05, 3.63) is 36.3 Å². The molecule has 3 heterocycles. The highest BCUT2D eigenvalue weighted by Crippen LogP contribution is 2.31. The van der Waals surface area contributed by atoms with E-state index in [1.807, 2.05) is 0 Å². The van der Waals surface area contributed by atoms with E-state index in [0.717, 1.165) is 0 Å². The zero-order valence-electron chi connectivity index (χ0n) is 16.6. The van der Waals surface area contributed by atoms with Crippen LogP contribution in [0.15, 0.2) is 35.1 Å². The number of cyclic esters (lactones) is 1. The van der Waals surface area contributed by atoms with E-state index in [4.69, 9.17) is 14.4 Å². The monoisotopic (exact) mass is 434 g/mol. The van der Waals surface area contributed by atoms with E-state index in [1.54, 1.807) is 23.1 Å². The van der Waals surface area contributed by atoms with Crippen LogP contribution in [0.2, 0.25) is 0 Å². The van der Waals surface area contributed by atoms with Gasteiger partial charge < -0.3 is 29.7 Å².